The molecule has 1 heterocycles. The van der Waals surface area contributed by atoms with Gasteiger partial charge >= 0.3 is 5.69 Å². The van der Waals surface area contributed by atoms with Crippen LogP contribution in [0, 0.1) is 11.8 Å². The van der Waals surface area contributed by atoms with Crippen LogP contribution in [0.5, 0.6) is 0 Å². The molecular weight excluding hydrogens is 268 g/mol. The zero-order valence-corrected chi connectivity index (χ0v) is 12.6. The van der Waals surface area contributed by atoms with E-state index in [1.165, 1.54) is 0 Å². The summed E-state index contributed by atoms with van der Waals surface area (Å²) in [6.45, 7) is 6.22. The number of aromatic amines is 2. The van der Waals surface area contributed by atoms with E-state index >= 15 is 0 Å². The second-order valence-corrected chi connectivity index (χ2v) is 5.70. The zero-order valence-electron chi connectivity index (χ0n) is 12.6. The summed E-state index contributed by atoms with van der Waals surface area (Å²) < 4.78 is 0. The molecular formula is C15H22N4O2. The number of imidazole rings is 1. The molecule has 1 amide bonds. The van der Waals surface area contributed by atoms with E-state index in [4.69, 9.17) is 5.73 Å². The highest BCUT2D eigenvalue weighted by Crippen LogP contribution is 2.18. The predicted molar refractivity (Wildman–Crippen MR) is 82.9 cm³/mol. The maximum absolute atomic E-state index is 12.2. The highest BCUT2D eigenvalue weighted by Gasteiger charge is 2.22. The Hall–Kier alpha value is -2.08. The van der Waals surface area contributed by atoms with E-state index < -0.39 is 0 Å². The number of hydrogen-bond acceptors (Lipinski definition) is 3. The Morgan fingerprint density at radius 2 is 1.90 bits per heavy atom. The van der Waals surface area contributed by atoms with Gasteiger partial charge in [0, 0.05) is 6.54 Å². The number of hydrogen-bond donors (Lipinski definition) is 4. The zero-order chi connectivity index (χ0) is 15.6. The number of rotatable bonds is 5. The van der Waals surface area contributed by atoms with Crippen molar-refractivity contribution in [1.82, 2.24) is 15.3 Å². The average Bonchev–Trinajstić information content (AvgIpc) is 2.77. The summed E-state index contributed by atoms with van der Waals surface area (Å²) in [6, 6.07) is 5.44. The van der Waals surface area contributed by atoms with Crippen molar-refractivity contribution in [2.45, 2.75) is 26.8 Å². The van der Waals surface area contributed by atoms with Gasteiger partial charge in [-0.3, -0.25) is 4.79 Å². The Labute approximate surface area is 123 Å². The van der Waals surface area contributed by atoms with Crippen LogP contribution in [-0.2, 0) is 4.79 Å². The molecule has 0 aliphatic rings. The van der Waals surface area contributed by atoms with Gasteiger partial charge < -0.3 is 21.0 Å². The van der Waals surface area contributed by atoms with Crippen molar-refractivity contribution in [3.8, 4) is 0 Å². The van der Waals surface area contributed by atoms with Crippen LogP contribution >= 0.6 is 0 Å². The number of aromatic nitrogens is 2. The first kappa shape index (κ1) is 15.3. The van der Waals surface area contributed by atoms with Crippen LogP contribution in [0.1, 0.15) is 32.4 Å². The van der Waals surface area contributed by atoms with Crippen LogP contribution < -0.4 is 16.7 Å². The number of nitrogens with two attached hydrogens (primary N) is 1. The fourth-order valence-electron chi connectivity index (χ4n) is 2.41. The normalized spacial score (nSPS) is 14.3. The quantitative estimate of drug-likeness (QED) is 0.666. The van der Waals surface area contributed by atoms with E-state index in [0.29, 0.717) is 6.54 Å². The van der Waals surface area contributed by atoms with Crippen molar-refractivity contribution in [1.29, 1.82) is 0 Å². The Morgan fingerprint density at radius 1 is 1.24 bits per heavy atom. The molecule has 6 heteroatoms. The first-order valence-corrected chi connectivity index (χ1v) is 7.14. The molecule has 0 radical (unpaired) electrons. The standard InChI is InChI=1S/C15H22N4O2/c1-8(2)11(7-16)14(20)17-9(3)10-4-5-12-13(6-10)19-15(21)18-12/h4-6,8-9,11H,7,16H2,1-3H3,(H,17,20)(H2,18,19,21). The lowest BCUT2D eigenvalue weighted by Crippen LogP contribution is -2.39. The highest BCUT2D eigenvalue weighted by molar-refractivity contribution is 5.80. The van der Waals surface area contributed by atoms with Crippen LogP contribution in [0.15, 0.2) is 23.0 Å². The number of nitrogens with one attached hydrogen (secondary N) is 3. The Morgan fingerprint density at radius 3 is 2.52 bits per heavy atom. The molecule has 6 nitrogen and oxygen atoms in total. The van der Waals surface area contributed by atoms with Crippen molar-refractivity contribution in [2.24, 2.45) is 17.6 Å². The Bertz CT molecular complexity index is 686. The molecule has 21 heavy (non-hydrogen) atoms. The number of fused-ring (bicyclic) bond motifs is 1. The molecule has 2 aromatic rings. The van der Waals surface area contributed by atoms with Gasteiger partial charge in [0.05, 0.1) is 23.0 Å². The third kappa shape index (κ3) is 3.33. The van der Waals surface area contributed by atoms with Gasteiger partial charge in [0.1, 0.15) is 0 Å². The van der Waals surface area contributed by atoms with Crippen LogP contribution in [0.2, 0.25) is 0 Å². The summed E-state index contributed by atoms with van der Waals surface area (Å²) in [4.78, 5) is 28.9. The number of benzene rings is 1. The molecule has 1 aromatic heterocycles. The maximum Gasteiger partial charge on any atom is 0.323 e. The lowest BCUT2D eigenvalue weighted by Gasteiger charge is -2.22. The number of amides is 1. The van der Waals surface area contributed by atoms with Gasteiger partial charge in [-0.25, -0.2) is 4.79 Å². The molecule has 0 aliphatic carbocycles. The maximum atomic E-state index is 12.2. The fourth-order valence-corrected chi connectivity index (χ4v) is 2.41. The number of carbonyl (C=O) groups is 1. The van der Waals surface area contributed by atoms with E-state index in [9.17, 15) is 9.59 Å². The first-order chi connectivity index (χ1) is 9.92. The summed E-state index contributed by atoms with van der Waals surface area (Å²) in [5, 5.41) is 2.98. The third-order valence-corrected chi connectivity index (χ3v) is 3.79. The van der Waals surface area contributed by atoms with E-state index in [-0.39, 0.29) is 29.5 Å². The molecule has 0 saturated heterocycles. The highest BCUT2D eigenvalue weighted by atomic mass is 16.2. The third-order valence-electron chi connectivity index (χ3n) is 3.79. The van der Waals surface area contributed by atoms with Crippen molar-refractivity contribution in [2.75, 3.05) is 6.54 Å². The van der Waals surface area contributed by atoms with Gasteiger partial charge in [-0.1, -0.05) is 19.9 Å². The number of carbonyl (C=O) groups excluding carboxylic acids is 1. The first-order valence-electron chi connectivity index (χ1n) is 7.14. The van der Waals surface area contributed by atoms with Crippen LogP contribution in [0.3, 0.4) is 0 Å². The molecule has 1 aromatic carbocycles. The number of H-pyrrole nitrogens is 2. The SMILES string of the molecule is CC(NC(=O)C(CN)C(C)C)c1ccc2[nH]c(=O)[nH]c2c1. The molecule has 2 rings (SSSR count). The minimum atomic E-state index is -0.234. The van der Waals surface area contributed by atoms with Crippen molar-refractivity contribution in [3.63, 3.8) is 0 Å². The lowest BCUT2D eigenvalue weighted by atomic mass is 9.94. The molecule has 2 atom stereocenters. The van der Waals surface area contributed by atoms with Gasteiger partial charge in [-0.05, 0) is 30.5 Å². The van der Waals surface area contributed by atoms with Gasteiger partial charge in [-0.15, -0.1) is 0 Å². The van der Waals surface area contributed by atoms with Gasteiger partial charge in [-0.2, -0.15) is 0 Å². The van der Waals surface area contributed by atoms with Gasteiger partial charge in [0.2, 0.25) is 5.91 Å². The van der Waals surface area contributed by atoms with E-state index in [1.54, 1.807) is 0 Å². The minimum absolute atomic E-state index is 0.0392. The van der Waals surface area contributed by atoms with Gasteiger partial charge in [0.15, 0.2) is 0 Å². The molecule has 5 N–H and O–H groups in total. The topological polar surface area (TPSA) is 104 Å². The predicted octanol–water partition coefficient (Wildman–Crippen LogP) is 1.26. The van der Waals surface area contributed by atoms with Crippen molar-refractivity contribution < 1.29 is 4.79 Å². The average molecular weight is 290 g/mol. The second-order valence-electron chi connectivity index (χ2n) is 5.70. The van der Waals surface area contributed by atoms with Crippen LogP contribution in [0.25, 0.3) is 11.0 Å². The molecule has 2 unspecified atom stereocenters. The summed E-state index contributed by atoms with van der Waals surface area (Å²) >= 11 is 0. The molecule has 0 fully saturated rings. The fraction of sp³-hybridized carbons (Fsp3) is 0.467. The molecule has 0 saturated carbocycles. The largest absolute Gasteiger partial charge is 0.349 e. The second kappa shape index (κ2) is 6.13. The molecule has 0 bridgehead atoms. The van der Waals surface area contributed by atoms with Crippen LogP contribution in [-0.4, -0.2) is 22.4 Å². The molecule has 0 aliphatic heterocycles. The van der Waals surface area contributed by atoms with Crippen LogP contribution in [0.4, 0.5) is 0 Å². The molecule has 0 spiro atoms. The minimum Gasteiger partial charge on any atom is -0.349 e. The van der Waals surface area contributed by atoms with E-state index in [1.807, 2.05) is 39.0 Å². The monoisotopic (exact) mass is 290 g/mol. The van der Waals surface area contributed by atoms with Crippen molar-refractivity contribution >= 4 is 16.9 Å². The smallest absolute Gasteiger partial charge is 0.323 e. The lowest BCUT2D eigenvalue weighted by molar-refractivity contribution is -0.126. The van der Waals surface area contributed by atoms with Crippen molar-refractivity contribution in [3.05, 3.63) is 34.2 Å². The Balaban J connectivity index is 2.16. The van der Waals surface area contributed by atoms with E-state index in [2.05, 4.69) is 15.3 Å². The Kier molecular flexibility index (Phi) is 4.47. The molecule has 114 valence electrons. The van der Waals surface area contributed by atoms with Gasteiger partial charge in [0.25, 0.3) is 0 Å². The van der Waals surface area contributed by atoms with E-state index in [0.717, 1.165) is 16.6 Å². The summed E-state index contributed by atoms with van der Waals surface area (Å²) in [5.41, 5.74) is 7.85. The summed E-state index contributed by atoms with van der Waals surface area (Å²) in [7, 11) is 0. The summed E-state index contributed by atoms with van der Waals surface area (Å²) in [6.07, 6.45) is 0. The summed E-state index contributed by atoms with van der Waals surface area (Å²) in [5.74, 6) is -0.0309.